The predicted octanol–water partition coefficient (Wildman–Crippen LogP) is 3.30. The second kappa shape index (κ2) is 8.40. The minimum Gasteiger partial charge on any atom is -0.497 e. The zero-order chi connectivity index (χ0) is 15.1. The highest BCUT2D eigenvalue weighted by Crippen LogP contribution is 2.23. The minimum atomic E-state index is 0.742. The average Bonchev–Trinajstić information content (AvgIpc) is 2.49. The fraction of sp³-hybridized carbons (Fsp3) is 0.667. The van der Waals surface area contributed by atoms with E-state index < -0.39 is 0 Å². The lowest BCUT2D eigenvalue weighted by atomic mass is 9.87. The number of hydrogen-bond acceptors (Lipinski definition) is 3. The van der Waals surface area contributed by atoms with Crippen LogP contribution in [0.25, 0.3) is 0 Å². The summed E-state index contributed by atoms with van der Waals surface area (Å²) in [4.78, 5) is 2.37. The third-order valence-electron chi connectivity index (χ3n) is 4.53. The van der Waals surface area contributed by atoms with Crippen molar-refractivity contribution in [1.29, 1.82) is 0 Å². The van der Waals surface area contributed by atoms with E-state index in [2.05, 4.69) is 42.4 Å². The molecule has 1 aromatic rings. The Morgan fingerprint density at radius 1 is 1.24 bits per heavy atom. The third kappa shape index (κ3) is 5.68. The van der Waals surface area contributed by atoms with Crippen molar-refractivity contribution in [3.05, 3.63) is 29.8 Å². The van der Waals surface area contributed by atoms with Crippen LogP contribution < -0.4 is 10.1 Å². The molecule has 0 bridgehead atoms. The molecule has 0 radical (unpaired) electrons. The van der Waals surface area contributed by atoms with Crippen LogP contribution in [0.1, 0.15) is 38.2 Å². The molecule has 3 heteroatoms. The quantitative estimate of drug-likeness (QED) is 0.834. The molecule has 2 rings (SSSR count). The van der Waals surface area contributed by atoms with Gasteiger partial charge in [-0.05, 0) is 56.3 Å². The van der Waals surface area contributed by atoms with Gasteiger partial charge in [0.15, 0.2) is 0 Å². The van der Waals surface area contributed by atoms with Crippen molar-refractivity contribution in [1.82, 2.24) is 10.2 Å². The van der Waals surface area contributed by atoms with Crippen LogP contribution in [0.15, 0.2) is 24.3 Å². The van der Waals surface area contributed by atoms with Gasteiger partial charge in [-0.1, -0.05) is 19.1 Å². The van der Waals surface area contributed by atoms with Crippen molar-refractivity contribution in [2.45, 2.75) is 45.2 Å². The summed E-state index contributed by atoms with van der Waals surface area (Å²) in [5, 5.41) is 3.72. The highest BCUT2D eigenvalue weighted by Gasteiger charge is 2.17. The fourth-order valence-corrected chi connectivity index (χ4v) is 3.09. The van der Waals surface area contributed by atoms with Crippen molar-refractivity contribution < 1.29 is 4.74 Å². The number of likely N-dealkylation sites (N-methyl/N-ethyl adjacent to an activating group) is 1. The Morgan fingerprint density at radius 3 is 2.71 bits per heavy atom. The molecule has 0 atom stereocenters. The molecule has 0 spiro atoms. The minimum absolute atomic E-state index is 0.742. The molecule has 1 saturated carbocycles. The van der Waals surface area contributed by atoms with E-state index in [4.69, 9.17) is 4.74 Å². The fourth-order valence-electron chi connectivity index (χ4n) is 3.09. The standard InChI is InChI=1S/C18H30N2O/c1-15-7-9-17(10-8-15)19-11-12-20(2)14-16-5-4-6-18(13-16)21-3/h4-6,13,15,17,19H,7-12,14H2,1-3H3. The average molecular weight is 290 g/mol. The third-order valence-corrected chi connectivity index (χ3v) is 4.53. The molecule has 0 amide bonds. The molecule has 1 N–H and O–H groups in total. The summed E-state index contributed by atoms with van der Waals surface area (Å²) >= 11 is 0. The van der Waals surface area contributed by atoms with Crippen LogP contribution in [0.4, 0.5) is 0 Å². The molecule has 1 fully saturated rings. The predicted molar refractivity (Wildman–Crippen MR) is 88.8 cm³/mol. The van der Waals surface area contributed by atoms with Gasteiger partial charge in [-0.25, -0.2) is 0 Å². The monoisotopic (exact) mass is 290 g/mol. The summed E-state index contributed by atoms with van der Waals surface area (Å²) in [6.07, 6.45) is 5.47. The first kappa shape index (κ1) is 16.3. The zero-order valence-corrected chi connectivity index (χ0v) is 13.8. The van der Waals surface area contributed by atoms with Gasteiger partial charge in [0, 0.05) is 25.7 Å². The van der Waals surface area contributed by atoms with Gasteiger partial charge >= 0.3 is 0 Å². The molecule has 0 aliphatic heterocycles. The van der Waals surface area contributed by atoms with E-state index in [0.717, 1.165) is 37.3 Å². The number of benzene rings is 1. The molecule has 21 heavy (non-hydrogen) atoms. The largest absolute Gasteiger partial charge is 0.497 e. The Hall–Kier alpha value is -1.06. The summed E-state index contributed by atoms with van der Waals surface area (Å²) in [5.74, 6) is 1.87. The first-order chi connectivity index (χ1) is 10.2. The van der Waals surface area contributed by atoms with Crippen LogP contribution >= 0.6 is 0 Å². The van der Waals surface area contributed by atoms with Gasteiger partial charge in [0.2, 0.25) is 0 Å². The number of rotatable bonds is 7. The summed E-state index contributed by atoms with van der Waals surface area (Å²) in [6, 6.07) is 9.08. The van der Waals surface area contributed by atoms with Crippen LogP contribution in [-0.4, -0.2) is 38.2 Å². The van der Waals surface area contributed by atoms with E-state index in [0.29, 0.717) is 0 Å². The van der Waals surface area contributed by atoms with Crippen LogP contribution in [0.5, 0.6) is 5.75 Å². The second-order valence-corrected chi connectivity index (χ2v) is 6.50. The van der Waals surface area contributed by atoms with E-state index in [1.165, 1.54) is 31.2 Å². The molecule has 118 valence electrons. The smallest absolute Gasteiger partial charge is 0.119 e. The van der Waals surface area contributed by atoms with Crippen molar-refractivity contribution in [3.8, 4) is 5.75 Å². The number of methoxy groups -OCH3 is 1. The van der Waals surface area contributed by atoms with E-state index in [9.17, 15) is 0 Å². The van der Waals surface area contributed by atoms with Gasteiger partial charge < -0.3 is 15.0 Å². The van der Waals surface area contributed by atoms with Crippen LogP contribution in [-0.2, 0) is 6.54 Å². The highest BCUT2D eigenvalue weighted by atomic mass is 16.5. The lowest BCUT2D eigenvalue weighted by Gasteiger charge is -2.28. The molecule has 1 aliphatic rings. The van der Waals surface area contributed by atoms with Gasteiger partial charge in [-0.15, -0.1) is 0 Å². The maximum atomic E-state index is 5.27. The van der Waals surface area contributed by atoms with Crippen molar-refractivity contribution in [2.24, 2.45) is 5.92 Å². The van der Waals surface area contributed by atoms with E-state index in [-0.39, 0.29) is 0 Å². The van der Waals surface area contributed by atoms with Crippen LogP contribution in [0.3, 0.4) is 0 Å². The summed E-state index contributed by atoms with van der Waals surface area (Å²) in [7, 11) is 3.90. The molecule has 0 unspecified atom stereocenters. The maximum absolute atomic E-state index is 5.27. The first-order valence-electron chi connectivity index (χ1n) is 8.22. The van der Waals surface area contributed by atoms with E-state index in [1.807, 2.05) is 6.07 Å². The van der Waals surface area contributed by atoms with Crippen LogP contribution in [0.2, 0.25) is 0 Å². The molecule has 0 saturated heterocycles. The van der Waals surface area contributed by atoms with Gasteiger partial charge in [0.1, 0.15) is 5.75 Å². The topological polar surface area (TPSA) is 24.5 Å². The first-order valence-corrected chi connectivity index (χ1v) is 8.22. The SMILES string of the molecule is COc1cccc(CN(C)CCNC2CCC(C)CC2)c1. The molecule has 1 aromatic carbocycles. The zero-order valence-electron chi connectivity index (χ0n) is 13.8. The van der Waals surface area contributed by atoms with Crippen molar-refractivity contribution >= 4 is 0 Å². The molecule has 0 aromatic heterocycles. The molecular formula is C18H30N2O. The molecule has 1 aliphatic carbocycles. The Labute approximate surface area is 129 Å². The number of nitrogens with zero attached hydrogens (tertiary/aromatic N) is 1. The van der Waals surface area contributed by atoms with E-state index in [1.54, 1.807) is 7.11 Å². The van der Waals surface area contributed by atoms with Gasteiger partial charge in [-0.2, -0.15) is 0 Å². The van der Waals surface area contributed by atoms with Crippen LogP contribution in [0, 0.1) is 5.92 Å². The molecule has 3 nitrogen and oxygen atoms in total. The molecular weight excluding hydrogens is 260 g/mol. The lowest BCUT2D eigenvalue weighted by Crippen LogP contribution is -2.37. The number of ether oxygens (including phenoxy) is 1. The van der Waals surface area contributed by atoms with Gasteiger partial charge in [0.05, 0.1) is 7.11 Å². The summed E-state index contributed by atoms with van der Waals surface area (Å²) < 4.78 is 5.27. The number of hydrogen-bond donors (Lipinski definition) is 1. The Morgan fingerprint density at radius 2 is 2.00 bits per heavy atom. The lowest BCUT2D eigenvalue weighted by molar-refractivity contribution is 0.278. The maximum Gasteiger partial charge on any atom is 0.119 e. The highest BCUT2D eigenvalue weighted by molar-refractivity contribution is 5.28. The Balaban J connectivity index is 1.66. The van der Waals surface area contributed by atoms with E-state index >= 15 is 0 Å². The summed E-state index contributed by atoms with van der Waals surface area (Å²) in [6.45, 7) is 5.52. The van der Waals surface area contributed by atoms with Gasteiger partial charge in [-0.3, -0.25) is 0 Å². The van der Waals surface area contributed by atoms with Crippen molar-refractivity contribution in [2.75, 3.05) is 27.2 Å². The number of nitrogens with one attached hydrogen (secondary N) is 1. The normalized spacial score (nSPS) is 22.5. The van der Waals surface area contributed by atoms with Crippen molar-refractivity contribution in [3.63, 3.8) is 0 Å². The summed E-state index contributed by atoms with van der Waals surface area (Å²) in [5.41, 5.74) is 1.31. The Bertz CT molecular complexity index is 413. The Kier molecular flexibility index (Phi) is 6.52. The second-order valence-electron chi connectivity index (χ2n) is 6.50. The molecule has 0 heterocycles. The van der Waals surface area contributed by atoms with Gasteiger partial charge in [0.25, 0.3) is 0 Å².